The van der Waals surface area contributed by atoms with E-state index >= 15 is 0 Å². The van der Waals surface area contributed by atoms with E-state index < -0.39 is 0 Å². The molecule has 9 aromatic carbocycles. The first-order chi connectivity index (χ1) is 26.3. The molecule has 0 saturated heterocycles. The van der Waals surface area contributed by atoms with Crippen molar-refractivity contribution in [3.63, 3.8) is 0 Å². The zero-order valence-electron chi connectivity index (χ0n) is 28.7. The molecular weight excluding hydrogens is 663 g/mol. The highest BCUT2D eigenvalue weighted by molar-refractivity contribution is 7.26. The second kappa shape index (κ2) is 11.9. The molecule has 0 atom stereocenters. The van der Waals surface area contributed by atoms with Gasteiger partial charge >= 0.3 is 0 Å². The first-order valence-corrected chi connectivity index (χ1v) is 18.8. The van der Waals surface area contributed by atoms with Crippen LogP contribution in [-0.2, 0) is 0 Å². The molecule has 2 nitrogen and oxygen atoms in total. The summed E-state index contributed by atoms with van der Waals surface area (Å²) in [5.41, 5.74) is 9.74. The van der Waals surface area contributed by atoms with Gasteiger partial charge in [0.05, 0.1) is 5.69 Å². The van der Waals surface area contributed by atoms with Gasteiger partial charge in [-0.2, -0.15) is 0 Å². The smallest absolute Gasteiger partial charge is 0.159 e. The van der Waals surface area contributed by atoms with Crippen molar-refractivity contribution < 1.29 is 4.42 Å². The Morgan fingerprint density at radius 1 is 0.377 bits per heavy atom. The third kappa shape index (κ3) is 4.78. The average molecular weight is 694 g/mol. The Kier molecular flexibility index (Phi) is 6.76. The van der Waals surface area contributed by atoms with E-state index in [1.54, 1.807) is 0 Å². The first-order valence-electron chi connectivity index (χ1n) is 18.0. The lowest BCUT2D eigenvalue weighted by Crippen LogP contribution is -2.10. The molecule has 53 heavy (non-hydrogen) atoms. The number of fused-ring (bicyclic) bond motifs is 10. The van der Waals surface area contributed by atoms with Gasteiger partial charge in [-0.15, -0.1) is 11.3 Å². The maximum absolute atomic E-state index is 7.03. The summed E-state index contributed by atoms with van der Waals surface area (Å²) in [4.78, 5) is 2.34. The predicted molar refractivity (Wildman–Crippen MR) is 227 cm³/mol. The van der Waals surface area contributed by atoms with Gasteiger partial charge in [0, 0.05) is 42.3 Å². The van der Waals surface area contributed by atoms with Crippen LogP contribution in [0.2, 0.25) is 0 Å². The Balaban J connectivity index is 1.11. The molecule has 0 aliphatic rings. The molecule has 0 saturated carbocycles. The van der Waals surface area contributed by atoms with E-state index in [0.717, 1.165) is 39.0 Å². The lowest BCUT2D eigenvalue weighted by atomic mass is 9.93. The SMILES string of the molecule is c1ccc(-c2ccc(N(c3ccc(-c4cc5ccccc5c5ccccc45)cc3)c3cccc4c3oc3c4ccc4sc5ccccc5c43)cc2)cc1. The van der Waals surface area contributed by atoms with Crippen molar-refractivity contribution in [3.05, 3.63) is 188 Å². The highest BCUT2D eigenvalue weighted by Crippen LogP contribution is 2.47. The van der Waals surface area contributed by atoms with Crippen molar-refractivity contribution in [1.29, 1.82) is 0 Å². The van der Waals surface area contributed by atoms with Crippen LogP contribution < -0.4 is 4.90 Å². The Hall–Kier alpha value is -6.68. The van der Waals surface area contributed by atoms with E-state index in [1.807, 2.05) is 11.3 Å². The maximum Gasteiger partial charge on any atom is 0.159 e. The van der Waals surface area contributed by atoms with Gasteiger partial charge < -0.3 is 9.32 Å². The van der Waals surface area contributed by atoms with E-state index in [0.29, 0.717) is 0 Å². The van der Waals surface area contributed by atoms with Gasteiger partial charge in [-0.1, -0.05) is 133 Å². The van der Waals surface area contributed by atoms with Crippen LogP contribution >= 0.6 is 11.3 Å². The number of nitrogens with zero attached hydrogens (tertiary/aromatic N) is 1. The minimum atomic E-state index is 0.877. The molecule has 2 aromatic heterocycles. The zero-order valence-corrected chi connectivity index (χ0v) is 29.5. The van der Waals surface area contributed by atoms with Crippen LogP contribution in [0.1, 0.15) is 0 Å². The van der Waals surface area contributed by atoms with Gasteiger partial charge in [0.1, 0.15) is 5.58 Å². The highest BCUT2D eigenvalue weighted by atomic mass is 32.1. The van der Waals surface area contributed by atoms with Crippen LogP contribution in [0, 0.1) is 0 Å². The highest BCUT2D eigenvalue weighted by Gasteiger charge is 2.22. The molecule has 0 radical (unpaired) electrons. The van der Waals surface area contributed by atoms with Gasteiger partial charge in [0.15, 0.2) is 5.58 Å². The van der Waals surface area contributed by atoms with Crippen molar-refractivity contribution in [1.82, 2.24) is 0 Å². The van der Waals surface area contributed by atoms with Crippen molar-refractivity contribution in [3.8, 4) is 22.3 Å². The molecule has 0 bridgehead atoms. The molecule has 0 fully saturated rings. The van der Waals surface area contributed by atoms with Crippen molar-refractivity contribution in [2.75, 3.05) is 4.90 Å². The summed E-state index contributed by atoms with van der Waals surface area (Å²) >= 11 is 1.82. The van der Waals surface area contributed by atoms with Crippen LogP contribution in [0.15, 0.2) is 192 Å². The van der Waals surface area contributed by atoms with Gasteiger partial charge in [0.25, 0.3) is 0 Å². The van der Waals surface area contributed by atoms with Crippen molar-refractivity contribution in [2.24, 2.45) is 0 Å². The van der Waals surface area contributed by atoms with Crippen molar-refractivity contribution in [2.45, 2.75) is 0 Å². The number of para-hydroxylation sites is 1. The van der Waals surface area contributed by atoms with Gasteiger partial charge in [-0.3, -0.25) is 0 Å². The molecule has 0 aliphatic carbocycles. The van der Waals surface area contributed by atoms with Crippen LogP contribution in [0.3, 0.4) is 0 Å². The molecule has 248 valence electrons. The van der Waals surface area contributed by atoms with Gasteiger partial charge in [-0.05, 0) is 98.4 Å². The molecule has 11 aromatic rings. The monoisotopic (exact) mass is 693 g/mol. The van der Waals surface area contributed by atoms with E-state index in [9.17, 15) is 0 Å². The second-order valence-corrected chi connectivity index (χ2v) is 14.7. The molecule has 3 heteroatoms. The fourth-order valence-electron chi connectivity index (χ4n) is 8.17. The molecule has 0 amide bonds. The Morgan fingerprint density at radius 3 is 1.77 bits per heavy atom. The molecule has 0 N–H and O–H groups in total. The lowest BCUT2D eigenvalue weighted by Gasteiger charge is -2.26. The number of benzene rings is 9. The summed E-state index contributed by atoms with van der Waals surface area (Å²) in [7, 11) is 0. The minimum absolute atomic E-state index is 0.877. The van der Waals surface area contributed by atoms with Gasteiger partial charge in [0.2, 0.25) is 0 Å². The number of furan rings is 1. The van der Waals surface area contributed by atoms with E-state index in [2.05, 4.69) is 193 Å². The largest absolute Gasteiger partial charge is 0.453 e. The summed E-state index contributed by atoms with van der Waals surface area (Å²) in [5, 5.41) is 9.73. The van der Waals surface area contributed by atoms with Crippen LogP contribution in [0.5, 0.6) is 0 Å². The average Bonchev–Trinajstić information content (AvgIpc) is 3.81. The predicted octanol–water partition coefficient (Wildman–Crippen LogP) is 15.1. The molecular formula is C50H31NOS. The molecule has 0 spiro atoms. The van der Waals surface area contributed by atoms with E-state index in [-0.39, 0.29) is 0 Å². The van der Waals surface area contributed by atoms with Crippen LogP contribution in [0.4, 0.5) is 17.1 Å². The molecule has 2 heterocycles. The minimum Gasteiger partial charge on any atom is -0.453 e. The van der Waals surface area contributed by atoms with E-state index in [1.165, 1.54) is 64.0 Å². The summed E-state index contributed by atoms with van der Waals surface area (Å²) in [6.45, 7) is 0. The number of rotatable bonds is 5. The van der Waals surface area contributed by atoms with Crippen LogP contribution in [-0.4, -0.2) is 0 Å². The number of hydrogen-bond acceptors (Lipinski definition) is 3. The zero-order chi connectivity index (χ0) is 34.9. The lowest BCUT2D eigenvalue weighted by molar-refractivity contribution is 0.673. The van der Waals surface area contributed by atoms with Crippen molar-refractivity contribution >= 4 is 92.1 Å². The quantitative estimate of drug-likeness (QED) is 0.167. The summed E-state index contributed by atoms with van der Waals surface area (Å²) < 4.78 is 9.54. The number of thiophene rings is 1. The number of anilines is 3. The number of hydrogen-bond donors (Lipinski definition) is 0. The third-order valence-corrected chi connectivity index (χ3v) is 11.8. The topological polar surface area (TPSA) is 16.4 Å². The second-order valence-electron chi connectivity index (χ2n) is 13.7. The summed E-state index contributed by atoms with van der Waals surface area (Å²) in [6, 6.07) is 67.8. The third-order valence-electron chi connectivity index (χ3n) is 10.7. The first kappa shape index (κ1) is 30.0. The fraction of sp³-hybridized carbons (Fsp3) is 0. The fourth-order valence-corrected chi connectivity index (χ4v) is 9.27. The summed E-state index contributed by atoms with van der Waals surface area (Å²) in [6.07, 6.45) is 0. The molecule has 0 unspecified atom stereocenters. The Morgan fingerprint density at radius 2 is 0.981 bits per heavy atom. The molecule has 0 aliphatic heterocycles. The Labute approximate surface area is 310 Å². The summed E-state index contributed by atoms with van der Waals surface area (Å²) in [5.74, 6) is 0. The van der Waals surface area contributed by atoms with Gasteiger partial charge in [-0.25, -0.2) is 0 Å². The standard InChI is InChI=1S/C50H31NOS/c1-2-11-32(12-3-1)33-21-25-36(26-22-33)51(37-27-23-34(24-28-37)44-31-35-13-4-5-14-38(35)39-15-6-7-16-40(39)44)45-19-10-18-41-42-29-30-47-48(50(42)52-49(41)45)43-17-8-9-20-46(43)53-47/h1-31H. The normalized spacial score (nSPS) is 11.8. The molecule has 11 rings (SSSR count). The maximum atomic E-state index is 7.03. The Bertz CT molecular complexity index is 3150. The van der Waals surface area contributed by atoms with Crippen LogP contribution in [0.25, 0.3) is 85.9 Å². The van der Waals surface area contributed by atoms with E-state index in [4.69, 9.17) is 4.42 Å².